The topological polar surface area (TPSA) is 75.7 Å². The van der Waals surface area contributed by atoms with Crippen molar-refractivity contribution in [2.45, 2.75) is 20.3 Å². The van der Waals surface area contributed by atoms with Gasteiger partial charge in [-0.1, -0.05) is 41.4 Å². The highest BCUT2D eigenvalue weighted by molar-refractivity contribution is 6.35. The molecule has 0 aromatic heterocycles. The number of nitrogens with one attached hydrogen (secondary N) is 1. The fraction of sp³-hybridized carbons (Fsp3) is 0.286. The number of anilines is 2. The normalized spacial score (nSPS) is 16.1. The van der Waals surface area contributed by atoms with Crippen molar-refractivity contribution in [2.75, 3.05) is 23.4 Å². The molecule has 1 atom stereocenters. The molecule has 29 heavy (non-hydrogen) atoms. The summed E-state index contributed by atoms with van der Waals surface area (Å²) in [4.78, 5) is 38.5. The second-order valence-corrected chi connectivity index (χ2v) is 7.77. The molecule has 1 aliphatic rings. The molecule has 0 unspecified atom stereocenters. The van der Waals surface area contributed by atoms with Crippen molar-refractivity contribution in [3.8, 4) is 0 Å². The van der Waals surface area contributed by atoms with E-state index in [1.807, 2.05) is 32.0 Å². The van der Waals surface area contributed by atoms with Gasteiger partial charge in [0, 0.05) is 23.7 Å². The number of nitrogens with zero attached hydrogens (tertiary/aromatic N) is 1. The van der Waals surface area contributed by atoms with Crippen molar-refractivity contribution in [3.05, 3.63) is 57.6 Å². The number of carbonyl (C=O) groups is 3. The summed E-state index contributed by atoms with van der Waals surface area (Å²) >= 11 is 11.9. The van der Waals surface area contributed by atoms with Crippen LogP contribution >= 0.6 is 23.2 Å². The number of benzene rings is 2. The number of hydrogen-bond donors (Lipinski definition) is 1. The van der Waals surface area contributed by atoms with Crippen LogP contribution in [-0.4, -0.2) is 30.9 Å². The minimum absolute atomic E-state index is 0.0499. The van der Waals surface area contributed by atoms with Gasteiger partial charge in [-0.25, -0.2) is 0 Å². The molecule has 3 rings (SSSR count). The third-order valence-corrected chi connectivity index (χ3v) is 5.28. The van der Waals surface area contributed by atoms with Crippen molar-refractivity contribution in [1.82, 2.24) is 0 Å². The van der Waals surface area contributed by atoms with E-state index in [4.69, 9.17) is 27.9 Å². The van der Waals surface area contributed by atoms with Gasteiger partial charge in [-0.15, -0.1) is 0 Å². The van der Waals surface area contributed by atoms with Gasteiger partial charge in [-0.2, -0.15) is 0 Å². The monoisotopic (exact) mass is 434 g/mol. The molecule has 1 saturated heterocycles. The zero-order chi connectivity index (χ0) is 21.1. The summed E-state index contributed by atoms with van der Waals surface area (Å²) in [7, 11) is 0. The second-order valence-electron chi connectivity index (χ2n) is 6.93. The summed E-state index contributed by atoms with van der Waals surface area (Å²) < 4.78 is 5.12. The van der Waals surface area contributed by atoms with Crippen LogP contribution < -0.4 is 10.2 Å². The third-order valence-electron chi connectivity index (χ3n) is 4.72. The molecule has 1 N–H and O–H groups in total. The van der Waals surface area contributed by atoms with Gasteiger partial charge in [0.25, 0.3) is 5.91 Å². The second kappa shape index (κ2) is 8.84. The first-order valence-electron chi connectivity index (χ1n) is 9.04. The molecule has 152 valence electrons. The Hall–Kier alpha value is -2.57. The molecular weight excluding hydrogens is 415 g/mol. The Balaban J connectivity index is 1.58. The first kappa shape index (κ1) is 21.1. The fourth-order valence-electron chi connectivity index (χ4n) is 3.35. The molecule has 1 heterocycles. The summed E-state index contributed by atoms with van der Waals surface area (Å²) in [5.74, 6) is -1.89. The van der Waals surface area contributed by atoms with Crippen LogP contribution in [0.5, 0.6) is 0 Å². The number of esters is 1. The molecule has 0 saturated carbocycles. The number of amides is 2. The molecule has 2 amide bonds. The minimum atomic E-state index is -0.621. The number of rotatable bonds is 5. The lowest BCUT2D eigenvalue weighted by molar-refractivity contribution is -0.151. The number of para-hydroxylation sites is 1. The Morgan fingerprint density at radius 3 is 2.55 bits per heavy atom. The van der Waals surface area contributed by atoms with Crippen LogP contribution in [0.3, 0.4) is 0 Å². The summed E-state index contributed by atoms with van der Waals surface area (Å²) in [5, 5.41) is 3.28. The first-order valence-corrected chi connectivity index (χ1v) is 9.80. The smallest absolute Gasteiger partial charge is 0.311 e. The van der Waals surface area contributed by atoms with E-state index < -0.39 is 24.4 Å². The van der Waals surface area contributed by atoms with Gasteiger partial charge in [0.15, 0.2) is 6.61 Å². The maximum Gasteiger partial charge on any atom is 0.311 e. The molecule has 0 bridgehead atoms. The number of carbonyl (C=O) groups excluding carboxylic acids is 3. The Morgan fingerprint density at radius 2 is 1.86 bits per heavy atom. The Morgan fingerprint density at radius 1 is 1.17 bits per heavy atom. The quantitative estimate of drug-likeness (QED) is 0.717. The summed E-state index contributed by atoms with van der Waals surface area (Å²) in [5.41, 5.74) is 3.08. The van der Waals surface area contributed by atoms with E-state index >= 15 is 0 Å². The van der Waals surface area contributed by atoms with Gasteiger partial charge in [0.1, 0.15) is 0 Å². The highest BCUT2D eigenvalue weighted by Crippen LogP contribution is 2.31. The van der Waals surface area contributed by atoms with Gasteiger partial charge in [0.2, 0.25) is 5.91 Å². The van der Waals surface area contributed by atoms with Crippen LogP contribution in [0.2, 0.25) is 10.0 Å². The summed E-state index contributed by atoms with van der Waals surface area (Å²) in [6.45, 7) is 3.60. The van der Waals surface area contributed by atoms with Gasteiger partial charge >= 0.3 is 5.97 Å². The lowest BCUT2D eigenvalue weighted by Crippen LogP contribution is -2.29. The predicted octanol–water partition coefficient (Wildman–Crippen LogP) is 4.15. The SMILES string of the molecule is Cc1cccc(C)c1N1C[C@H](C(=O)OCC(=O)Nc2cc(Cl)ccc2Cl)CC1=O. The largest absolute Gasteiger partial charge is 0.455 e. The molecule has 0 radical (unpaired) electrons. The van der Waals surface area contributed by atoms with Crippen LogP contribution in [0.1, 0.15) is 17.5 Å². The van der Waals surface area contributed by atoms with Crippen molar-refractivity contribution in [2.24, 2.45) is 5.92 Å². The van der Waals surface area contributed by atoms with E-state index in [0.29, 0.717) is 15.7 Å². The molecule has 0 aliphatic carbocycles. The lowest BCUT2D eigenvalue weighted by Gasteiger charge is -2.21. The number of halogens is 2. The predicted molar refractivity (Wildman–Crippen MR) is 112 cm³/mol. The zero-order valence-corrected chi connectivity index (χ0v) is 17.5. The van der Waals surface area contributed by atoms with Crippen molar-refractivity contribution in [3.63, 3.8) is 0 Å². The first-order chi connectivity index (χ1) is 13.8. The van der Waals surface area contributed by atoms with Crippen LogP contribution in [0.25, 0.3) is 0 Å². The van der Waals surface area contributed by atoms with Gasteiger partial charge in [0.05, 0.1) is 16.6 Å². The van der Waals surface area contributed by atoms with Crippen LogP contribution in [0.15, 0.2) is 36.4 Å². The minimum Gasteiger partial charge on any atom is -0.455 e. The van der Waals surface area contributed by atoms with Crippen LogP contribution in [0, 0.1) is 19.8 Å². The Kier molecular flexibility index (Phi) is 6.45. The van der Waals surface area contributed by atoms with Gasteiger partial charge < -0.3 is 15.0 Å². The summed E-state index contributed by atoms with van der Waals surface area (Å²) in [6, 6.07) is 10.4. The van der Waals surface area contributed by atoms with E-state index in [1.54, 1.807) is 17.0 Å². The molecule has 2 aromatic rings. The number of aryl methyl sites for hydroxylation is 2. The molecule has 6 nitrogen and oxygen atoms in total. The standard InChI is InChI=1S/C21H20Cl2N2O4/c1-12-4-3-5-13(2)20(12)25-10-14(8-19(25)27)21(28)29-11-18(26)24-17-9-15(22)6-7-16(17)23/h3-7,9,14H,8,10-11H2,1-2H3,(H,24,26)/t14-/m1/s1. The van der Waals surface area contributed by atoms with Crippen molar-refractivity contribution < 1.29 is 19.1 Å². The van der Waals surface area contributed by atoms with Gasteiger partial charge in [-0.3, -0.25) is 14.4 Å². The molecule has 1 aliphatic heterocycles. The molecule has 0 spiro atoms. The molecule has 8 heteroatoms. The van der Waals surface area contributed by atoms with Crippen LogP contribution in [0.4, 0.5) is 11.4 Å². The zero-order valence-electron chi connectivity index (χ0n) is 16.0. The lowest BCUT2D eigenvalue weighted by atomic mass is 10.1. The fourth-order valence-corrected chi connectivity index (χ4v) is 3.68. The maximum atomic E-state index is 12.5. The molecule has 2 aromatic carbocycles. The van der Waals surface area contributed by atoms with E-state index in [2.05, 4.69) is 5.32 Å². The van der Waals surface area contributed by atoms with E-state index in [-0.39, 0.29) is 18.9 Å². The van der Waals surface area contributed by atoms with E-state index in [1.165, 1.54) is 6.07 Å². The van der Waals surface area contributed by atoms with Gasteiger partial charge in [-0.05, 0) is 43.2 Å². The average Bonchev–Trinajstić information content (AvgIpc) is 3.04. The summed E-state index contributed by atoms with van der Waals surface area (Å²) in [6.07, 6.45) is 0.0499. The van der Waals surface area contributed by atoms with E-state index in [9.17, 15) is 14.4 Å². The van der Waals surface area contributed by atoms with Crippen molar-refractivity contribution >= 4 is 52.4 Å². The van der Waals surface area contributed by atoms with E-state index in [0.717, 1.165) is 16.8 Å². The molecule has 1 fully saturated rings. The third kappa shape index (κ3) is 4.89. The van der Waals surface area contributed by atoms with Crippen LogP contribution in [-0.2, 0) is 19.1 Å². The maximum absolute atomic E-state index is 12.5. The molecular formula is C21H20Cl2N2O4. The average molecular weight is 435 g/mol. The highest BCUT2D eigenvalue weighted by Gasteiger charge is 2.37. The number of hydrogen-bond acceptors (Lipinski definition) is 4. The van der Waals surface area contributed by atoms with Crippen molar-refractivity contribution in [1.29, 1.82) is 0 Å². The number of ether oxygens (including phenoxy) is 1. The Bertz CT molecular complexity index is 957. The highest BCUT2D eigenvalue weighted by atomic mass is 35.5. The Labute approximate surface area is 178 Å².